The molecule has 0 saturated carbocycles. The highest BCUT2D eigenvalue weighted by molar-refractivity contribution is 5.98. The molecule has 2 aromatic carbocycles. The maximum atomic E-state index is 12.9. The van der Waals surface area contributed by atoms with Gasteiger partial charge < -0.3 is 9.55 Å². The highest BCUT2D eigenvalue weighted by Gasteiger charge is 2.28. The van der Waals surface area contributed by atoms with Gasteiger partial charge >= 0.3 is 0 Å². The summed E-state index contributed by atoms with van der Waals surface area (Å²) in [5.74, 6) is 0.856. The molecule has 0 bridgehead atoms. The summed E-state index contributed by atoms with van der Waals surface area (Å²) in [6.07, 6.45) is 2.31. The van der Waals surface area contributed by atoms with E-state index < -0.39 is 0 Å². The molecule has 1 N–H and O–H groups in total. The second-order valence-corrected chi connectivity index (χ2v) is 6.13. The third kappa shape index (κ3) is 1.88. The van der Waals surface area contributed by atoms with Gasteiger partial charge in [0.05, 0.1) is 17.5 Å². The molecule has 5 nitrogen and oxygen atoms in total. The summed E-state index contributed by atoms with van der Waals surface area (Å²) in [4.78, 5) is 22.5. The van der Waals surface area contributed by atoms with Gasteiger partial charge in [0.15, 0.2) is 0 Å². The average Bonchev–Trinajstić information content (AvgIpc) is 3.28. The zero-order valence-corrected chi connectivity index (χ0v) is 13.1. The minimum Gasteiger partial charge on any atom is -0.361 e. The number of anilines is 1. The highest BCUT2D eigenvalue weighted by atomic mass is 16.2. The van der Waals surface area contributed by atoms with Crippen LogP contribution in [0.15, 0.2) is 54.7 Å². The van der Waals surface area contributed by atoms with Gasteiger partial charge in [0.1, 0.15) is 0 Å². The van der Waals surface area contributed by atoms with Crippen molar-refractivity contribution < 1.29 is 4.79 Å². The van der Waals surface area contributed by atoms with E-state index >= 15 is 0 Å². The second kappa shape index (κ2) is 4.96. The molecule has 0 spiro atoms. The molecule has 4 aromatic rings. The lowest BCUT2D eigenvalue weighted by Gasteiger charge is -2.13. The number of H-pyrrole nitrogens is 1. The summed E-state index contributed by atoms with van der Waals surface area (Å²) in [6.45, 7) is 1.49. The molecule has 5 heteroatoms. The Balaban J connectivity index is 1.49. The Labute approximate surface area is 138 Å². The van der Waals surface area contributed by atoms with Crippen LogP contribution in [0.2, 0.25) is 0 Å². The van der Waals surface area contributed by atoms with Gasteiger partial charge in [0.2, 0.25) is 11.9 Å². The topological polar surface area (TPSA) is 53.9 Å². The fourth-order valence-corrected chi connectivity index (χ4v) is 3.56. The quantitative estimate of drug-likeness (QED) is 0.618. The normalized spacial score (nSPS) is 13.8. The monoisotopic (exact) mass is 316 g/mol. The number of fused-ring (bicyclic) bond motifs is 4. The average molecular weight is 316 g/mol. The summed E-state index contributed by atoms with van der Waals surface area (Å²) >= 11 is 0. The van der Waals surface area contributed by atoms with Gasteiger partial charge in [-0.15, -0.1) is 0 Å². The number of carbonyl (C=O) groups excluding carboxylic acids is 1. The van der Waals surface area contributed by atoms with E-state index in [9.17, 15) is 4.79 Å². The fraction of sp³-hybridized carbons (Fsp3) is 0.158. The largest absolute Gasteiger partial charge is 0.361 e. The Bertz CT molecular complexity index is 1080. The van der Waals surface area contributed by atoms with E-state index in [1.807, 2.05) is 53.6 Å². The van der Waals surface area contributed by atoms with Gasteiger partial charge in [-0.1, -0.05) is 30.3 Å². The Hall–Kier alpha value is -3.08. The van der Waals surface area contributed by atoms with Crippen LogP contribution in [0.4, 0.5) is 5.95 Å². The molecule has 0 saturated heterocycles. The van der Waals surface area contributed by atoms with Crippen molar-refractivity contribution in [2.75, 3.05) is 11.4 Å². The minimum absolute atomic E-state index is 0.0915. The van der Waals surface area contributed by atoms with Crippen LogP contribution in [-0.2, 0) is 17.8 Å². The van der Waals surface area contributed by atoms with Gasteiger partial charge in [0, 0.05) is 30.2 Å². The molecule has 24 heavy (non-hydrogen) atoms. The number of hydrogen-bond donors (Lipinski definition) is 1. The van der Waals surface area contributed by atoms with E-state index in [4.69, 9.17) is 0 Å². The molecule has 0 aliphatic carbocycles. The van der Waals surface area contributed by atoms with Gasteiger partial charge in [-0.2, -0.15) is 0 Å². The summed E-state index contributed by atoms with van der Waals surface area (Å²) in [6, 6.07) is 16.1. The van der Waals surface area contributed by atoms with E-state index in [1.54, 1.807) is 0 Å². The number of imidazole rings is 1. The van der Waals surface area contributed by atoms with Crippen LogP contribution in [0.25, 0.3) is 21.9 Å². The number of para-hydroxylation sites is 3. The van der Waals surface area contributed by atoms with Gasteiger partial charge in [-0.25, -0.2) is 4.98 Å². The van der Waals surface area contributed by atoms with Gasteiger partial charge in [-0.05, 0) is 23.8 Å². The third-order valence-electron chi connectivity index (χ3n) is 4.74. The smallest absolute Gasteiger partial charge is 0.233 e. The number of nitrogens with zero attached hydrogens (tertiary/aromatic N) is 3. The summed E-state index contributed by atoms with van der Waals surface area (Å²) in [7, 11) is 0. The summed E-state index contributed by atoms with van der Waals surface area (Å²) in [5.41, 5.74) is 4.13. The first-order valence-corrected chi connectivity index (χ1v) is 8.12. The number of amides is 1. The number of hydrogen-bond acceptors (Lipinski definition) is 2. The Morgan fingerprint density at radius 2 is 1.92 bits per heavy atom. The predicted octanol–water partition coefficient (Wildman–Crippen LogP) is 3.11. The summed E-state index contributed by atoms with van der Waals surface area (Å²) in [5, 5.41) is 1.11. The van der Waals surface area contributed by atoms with Gasteiger partial charge in [-0.3, -0.25) is 9.69 Å². The molecule has 0 atom stereocenters. The lowest BCUT2D eigenvalue weighted by molar-refractivity contribution is -0.117. The third-order valence-corrected chi connectivity index (χ3v) is 4.74. The number of aromatic amines is 1. The maximum absolute atomic E-state index is 12.9. The van der Waals surface area contributed by atoms with E-state index in [0.29, 0.717) is 13.0 Å². The van der Waals surface area contributed by atoms with Crippen molar-refractivity contribution in [3.63, 3.8) is 0 Å². The summed E-state index contributed by atoms with van der Waals surface area (Å²) < 4.78 is 2.13. The Morgan fingerprint density at radius 1 is 1.08 bits per heavy atom. The lowest BCUT2D eigenvalue weighted by atomic mass is 10.1. The molecule has 1 aliphatic rings. The molecule has 0 fully saturated rings. The molecule has 118 valence electrons. The maximum Gasteiger partial charge on any atom is 0.233 e. The van der Waals surface area contributed by atoms with E-state index in [2.05, 4.69) is 20.6 Å². The molecule has 3 heterocycles. The van der Waals surface area contributed by atoms with E-state index in [1.165, 1.54) is 0 Å². The number of aromatic nitrogens is 3. The Kier molecular flexibility index (Phi) is 2.76. The van der Waals surface area contributed by atoms with Crippen molar-refractivity contribution in [3.8, 4) is 0 Å². The van der Waals surface area contributed by atoms with Crippen LogP contribution in [-0.4, -0.2) is 27.0 Å². The van der Waals surface area contributed by atoms with Crippen molar-refractivity contribution in [2.24, 2.45) is 0 Å². The van der Waals surface area contributed by atoms with Crippen LogP contribution < -0.4 is 4.90 Å². The van der Waals surface area contributed by atoms with Crippen molar-refractivity contribution in [1.82, 2.24) is 14.5 Å². The van der Waals surface area contributed by atoms with Crippen molar-refractivity contribution in [2.45, 2.75) is 13.0 Å². The fourth-order valence-electron chi connectivity index (χ4n) is 3.56. The molecule has 5 rings (SSSR count). The number of benzene rings is 2. The van der Waals surface area contributed by atoms with Crippen molar-refractivity contribution >= 4 is 33.8 Å². The first-order chi connectivity index (χ1) is 11.8. The number of carbonyl (C=O) groups is 1. The van der Waals surface area contributed by atoms with Crippen molar-refractivity contribution in [3.05, 3.63) is 60.3 Å². The molecular weight excluding hydrogens is 300 g/mol. The molecule has 1 aliphatic heterocycles. The SMILES string of the molecule is O=C(Cc1c[nH]c2ccccc12)N1CCn2c1nc1ccccc12. The molecule has 0 radical (unpaired) electrons. The molecule has 2 aromatic heterocycles. The predicted molar refractivity (Wildman–Crippen MR) is 94.1 cm³/mol. The molecular formula is C19H16N4O. The van der Waals surface area contributed by atoms with Crippen LogP contribution in [0, 0.1) is 0 Å². The van der Waals surface area contributed by atoms with Crippen LogP contribution in [0.1, 0.15) is 5.56 Å². The number of nitrogens with one attached hydrogen (secondary N) is 1. The molecule has 0 unspecified atom stereocenters. The van der Waals surface area contributed by atoms with Crippen LogP contribution in [0.5, 0.6) is 0 Å². The van der Waals surface area contributed by atoms with Gasteiger partial charge in [0.25, 0.3) is 0 Å². The minimum atomic E-state index is 0.0915. The van der Waals surface area contributed by atoms with Crippen molar-refractivity contribution in [1.29, 1.82) is 0 Å². The van der Waals surface area contributed by atoms with Crippen LogP contribution in [0.3, 0.4) is 0 Å². The Morgan fingerprint density at radius 3 is 2.88 bits per heavy atom. The van der Waals surface area contributed by atoms with E-state index in [-0.39, 0.29) is 5.91 Å². The van der Waals surface area contributed by atoms with Crippen LogP contribution >= 0.6 is 0 Å². The number of rotatable bonds is 2. The van der Waals surface area contributed by atoms with E-state index in [0.717, 1.165) is 40.0 Å². The zero-order chi connectivity index (χ0) is 16.1. The standard InChI is InChI=1S/C19H16N4O/c24-18(11-13-12-20-15-6-2-1-5-14(13)15)23-10-9-22-17-8-4-3-7-16(17)21-19(22)23/h1-8,12,20H,9-11H2. The molecule has 1 amide bonds. The second-order valence-electron chi connectivity index (χ2n) is 6.13. The zero-order valence-electron chi connectivity index (χ0n) is 13.1. The first-order valence-electron chi connectivity index (χ1n) is 8.12. The highest BCUT2D eigenvalue weighted by Crippen LogP contribution is 2.28. The first kappa shape index (κ1) is 13.4. The lowest BCUT2D eigenvalue weighted by Crippen LogP contribution is -2.30.